The van der Waals surface area contributed by atoms with Crippen LogP contribution < -0.4 is 5.43 Å². The molecule has 0 aromatic heterocycles. The number of nitrogens with zero attached hydrogens (tertiary/aromatic N) is 2. The Morgan fingerprint density at radius 1 is 1.09 bits per heavy atom. The first-order valence-corrected chi connectivity index (χ1v) is 8.41. The van der Waals surface area contributed by atoms with Crippen molar-refractivity contribution in [2.24, 2.45) is 4.99 Å². The highest BCUT2D eigenvalue weighted by molar-refractivity contribution is 8.13. The van der Waals surface area contributed by atoms with Crippen molar-refractivity contribution in [2.45, 2.75) is 6.92 Å². The Morgan fingerprint density at radius 2 is 1.74 bits per heavy atom. The average molecular weight is 323 g/mol. The number of rotatable bonds is 4. The number of amides is 1. The number of para-hydroxylation sites is 1. The standard InChI is InChI=1S/C18H17N3OS/c1-2-23-18-19-16(13-14-9-5-3-6-10-14)17(22)21(18)20-15-11-7-4-8-12-15/h3-13,20H,2H2,1H3/b16-13-. The Morgan fingerprint density at radius 3 is 2.39 bits per heavy atom. The van der Waals surface area contributed by atoms with Gasteiger partial charge in [-0.3, -0.25) is 10.2 Å². The lowest BCUT2D eigenvalue weighted by atomic mass is 10.2. The van der Waals surface area contributed by atoms with Crippen molar-refractivity contribution >= 4 is 34.6 Å². The Kier molecular flexibility index (Phi) is 4.78. The molecule has 0 spiro atoms. The Bertz CT molecular complexity index is 741. The maximum Gasteiger partial charge on any atom is 0.297 e. The van der Waals surface area contributed by atoms with Crippen LogP contribution in [0, 0.1) is 0 Å². The molecule has 1 heterocycles. The zero-order valence-electron chi connectivity index (χ0n) is 12.8. The van der Waals surface area contributed by atoms with Crippen LogP contribution in [0.1, 0.15) is 12.5 Å². The van der Waals surface area contributed by atoms with E-state index in [0.29, 0.717) is 10.9 Å². The number of thioether (sulfide) groups is 1. The molecule has 0 unspecified atom stereocenters. The Labute approximate surface area is 139 Å². The van der Waals surface area contributed by atoms with Gasteiger partial charge in [0.05, 0.1) is 5.69 Å². The molecule has 3 rings (SSSR count). The summed E-state index contributed by atoms with van der Waals surface area (Å²) in [6.45, 7) is 2.04. The van der Waals surface area contributed by atoms with E-state index < -0.39 is 0 Å². The summed E-state index contributed by atoms with van der Waals surface area (Å²) in [5.41, 5.74) is 5.39. The number of amidine groups is 1. The Balaban J connectivity index is 1.87. The van der Waals surface area contributed by atoms with E-state index >= 15 is 0 Å². The highest BCUT2D eigenvalue weighted by Crippen LogP contribution is 2.24. The first-order chi connectivity index (χ1) is 11.3. The van der Waals surface area contributed by atoms with Gasteiger partial charge in [-0.2, -0.15) is 5.01 Å². The summed E-state index contributed by atoms with van der Waals surface area (Å²) >= 11 is 1.54. The third-order valence-electron chi connectivity index (χ3n) is 3.22. The molecule has 0 saturated heterocycles. The monoisotopic (exact) mass is 323 g/mol. The van der Waals surface area contributed by atoms with E-state index in [0.717, 1.165) is 17.0 Å². The normalized spacial score (nSPS) is 15.9. The SMILES string of the molecule is CCSC1=N/C(=C\c2ccccc2)C(=O)N1Nc1ccccc1. The van der Waals surface area contributed by atoms with Crippen molar-refractivity contribution < 1.29 is 4.79 Å². The molecule has 1 N–H and O–H groups in total. The fraction of sp³-hybridized carbons (Fsp3) is 0.111. The molecule has 23 heavy (non-hydrogen) atoms. The lowest BCUT2D eigenvalue weighted by Crippen LogP contribution is -2.36. The minimum Gasteiger partial charge on any atom is -0.289 e. The van der Waals surface area contributed by atoms with Gasteiger partial charge in [-0.25, -0.2) is 4.99 Å². The van der Waals surface area contributed by atoms with E-state index in [1.165, 1.54) is 16.8 Å². The molecule has 0 aliphatic carbocycles. The van der Waals surface area contributed by atoms with Crippen molar-refractivity contribution in [3.8, 4) is 0 Å². The number of hydrogen-bond acceptors (Lipinski definition) is 4. The molecule has 2 aromatic carbocycles. The number of anilines is 1. The van der Waals surface area contributed by atoms with Crippen molar-refractivity contribution in [2.75, 3.05) is 11.2 Å². The summed E-state index contributed by atoms with van der Waals surface area (Å²) in [6, 6.07) is 19.4. The first kappa shape index (κ1) is 15.4. The second kappa shape index (κ2) is 7.15. The van der Waals surface area contributed by atoms with Crippen molar-refractivity contribution in [3.05, 3.63) is 71.9 Å². The largest absolute Gasteiger partial charge is 0.297 e. The molecule has 0 atom stereocenters. The van der Waals surface area contributed by atoms with Crippen LogP contribution in [-0.2, 0) is 4.79 Å². The van der Waals surface area contributed by atoms with Crippen molar-refractivity contribution in [3.63, 3.8) is 0 Å². The number of carbonyl (C=O) groups is 1. The van der Waals surface area contributed by atoms with Crippen LogP contribution in [0.4, 0.5) is 5.69 Å². The fourth-order valence-electron chi connectivity index (χ4n) is 2.17. The molecule has 1 aliphatic heterocycles. The quantitative estimate of drug-likeness (QED) is 0.865. The predicted octanol–water partition coefficient (Wildman–Crippen LogP) is 4.01. The van der Waals surface area contributed by atoms with Gasteiger partial charge in [0.1, 0.15) is 5.70 Å². The van der Waals surface area contributed by atoms with E-state index in [1.807, 2.05) is 73.7 Å². The maximum absolute atomic E-state index is 12.7. The van der Waals surface area contributed by atoms with Crippen LogP contribution in [0.15, 0.2) is 71.4 Å². The average Bonchev–Trinajstić information content (AvgIpc) is 2.86. The lowest BCUT2D eigenvalue weighted by Gasteiger charge is -2.19. The molecule has 116 valence electrons. The summed E-state index contributed by atoms with van der Waals surface area (Å²) in [5.74, 6) is 0.700. The summed E-state index contributed by atoms with van der Waals surface area (Å²) < 4.78 is 0. The van der Waals surface area contributed by atoms with Gasteiger partial charge < -0.3 is 0 Å². The van der Waals surface area contributed by atoms with Crippen LogP contribution in [0.3, 0.4) is 0 Å². The van der Waals surface area contributed by atoms with E-state index in [-0.39, 0.29) is 5.91 Å². The third-order valence-corrected chi connectivity index (χ3v) is 4.04. The first-order valence-electron chi connectivity index (χ1n) is 7.42. The zero-order valence-corrected chi connectivity index (χ0v) is 13.6. The summed E-state index contributed by atoms with van der Waals surface area (Å²) in [7, 11) is 0. The van der Waals surface area contributed by atoms with Crippen molar-refractivity contribution in [1.29, 1.82) is 0 Å². The van der Waals surface area contributed by atoms with E-state index in [2.05, 4.69) is 10.4 Å². The number of hydrazine groups is 1. The van der Waals surface area contributed by atoms with Gasteiger partial charge in [0.15, 0.2) is 5.17 Å². The van der Waals surface area contributed by atoms with Gasteiger partial charge in [-0.15, -0.1) is 0 Å². The van der Waals surface area contributed by atoms with Gasteiger partial charge in [0, 0.05) is 0 Å². The molecule has 0 fully saturated rings. The van der Waals surface area contributed by atoms with Crippen LogP contribution in [0.5, 0.6) is 0 Å². The minimum atomic E-state index is -0.145. The maximum atomic E-state index is 12.7. The molecule has 1 amide bonds. The van der Waals surface area contributed by atoms with Crippen LogP contribution >= 0.6 is 11.8 Å². The Hall–Kier alpha value is -2.53. The number of aliphatic imine (C=N–C) groups is 1. The minimum absolute atomic E-state index is 0.145. The second-order valence-corrected chi connectivity index (χ2v) is 6.12. The highest BCUT2D eigenvalue weighted by atomic mass is 32.2. The molecule has 2 aromatic rings. The van der Waals surface area contributed by atoms with Gasteiger partial charge in [0.2, 0.25) is 0 Å². The molecule has 0 saturated carbocycles. The van der Waals surface area contributed by atoms with Crippen LogP contribution in [0.25, 0.3) is 6.08 Å². The lowest BCUT2D eigenvalue weighted by molar-refractivity contribution is -0.121. The summed E-state index contributed by atoms with van der Waals surface area (Å²) in [6.07, 6.45) is 1.81. The topological polar surface area (TPSA) is 44.7 Å². The molecular formula is C18H17N3OS. The van der Waals surface area contributed by atoms with E-state index in [4.69, 9.17) is 0 Å². The number of carbonyl (C=O) groups excluding carboxylic acids is 1. The van der Waals surface area contributed by atoms with E-state index in [9.17, 15) is 4.79 Å². The van der Waals surface area contributed by atoms with E-state index in [1.54, 1.807) is 0 Å². The second-order valence-electron chi connectivity index (χ2n) is 4.89. The highest BCUT2D eigenvalue weighted by Gasteiger charge is 2.30. The van der Waals surface area contributed by atoms with Gasteiger partial charge >= 0.3 is 0 Å². The molecule has 4 nitrogen and oxygen atoms in total. The number of benzene rings is 2. The van der Waals surface area contributed by atoms with Gasteiger partial charge in [0.25, 0.3) is 5.91 Å². The van der Waals surface area contributed by atoms with Crippen molar-refractivity contribution in [1.82, 2.24) is 5.01 Å². The summed E-state index contributed by atoms with van der Waals surface area (Å²) in [4.78, 5) is 17.2. The smallest absolute Gasteiger partial charge is 0.289 e. The van der Waals surface area contributed by atoms with Crippen LogP contribution in [-0.4, -0.2) is 21.8 Å². The molecule has 1 aliphatic rings. The predicted molar refractivity (Wildman–Crippen MR) is 96.9 cm³/mol. The van der Waals surface area contributed by atoms with Gasteiger partial charge in [-0.05, 0) is 29.5 Å². The molecule has 0 bridgehead atoms. The zero-order chi connectivity index (χ0) is 16.1. The third kappa shape index (κ3) is 3.63. The molecular weight excluding hydrogens is 306 g/mol. The molecule has 5 heteroatoms. The van der Waals surface area contributed by atoms with Crippen LogP contribution in [0.2, 0.25) is 0 Å². The summed E-state index contributed by atoms with van der Waals surface area (Å²) in [5, 5.41) is 2.18. The molecule has 0 radical (unpaired) electrons. The number of hydrogen-bond donors (Lipinski definition) is 1. The number of nitrogens with one attached hydrogen (secondary N) is 1. The van der Waals surface area contributed by atoms with Gasteiger partial charge in [-0.1, -0.05) is 67.2 Å². The fourth-order valence-corrected chi connectivity index (χ4v) is 2.85.